The topological polar surface area (TPSA) is 57.5 Å². The predicted molar refractivity (Wildman–Crippen MR) is 105 cm³/mol. The Hall–Kier alpha value is -1.19. The normalized spacial score (nSPS) is 47.6. The first-order chi connectivity index (χ1) is 12.9. The maximum absolute atomic E-state index is 11.9. The monoisotopic (exact) mass is 368 g/mol. The van der Waals surface area contributed by atoms with E-state index in [4.69, 9.17) is 0 Å². The second kappa shape index (κ2) is 5.90. The molecule has 5 rings (SSSR count). The number of ketones is 1. The van der Waals surface area contributed by atoms with E-state index in [1.165, 1.54) is 11.1 Å². The van der Waals surface area contributed by atoms with Crippen molar-refractivity contribution in [2.75, 3.05) is 6.61 Å². The number of allylic oxidation sites excluding steroid dienone is 5. The summed E-state index contributed by atoms with van der Waals surface area (Å²) in [5.41, 5.74) is 3.58. The van der Waals surface area contributed by atoms with Crippen LogP contribution in [0.25, 0.3) is 0 Å². The Labute approximate surface area is 162 Å². The van der Waals surface area contributed by atoms with Gasteiger partial charge < -0.3 is 10.2 Å². The highest BCUT2D eigenvalue weighted by atomic mass is 16.3. The van der Waals surface area contributed by atoms with Crippen molar-refractivity contribution in [3.63, 3.8) is 0 Å². The van der Waals surface area contributed by atoms with Crippen molar-refractivity contribution in [3.8, 4) is 0 Å². The third kappa shape index (κ3) is 2.25. The van der Waals surface area contributed by atoms with Crippen molar-refractivity contribution < 1.29 is 15.0 Å². The summed E-state index contributed by atoms with van der Waals surface area (Å²) in [7, 11) is 0. The van der Waals surface area contributed by atoms with Crippen LogP contribution in [0.15, 0.2) is 35.5 Å². The zero-order valence-electron chi connectivity index (χ0n) is 16.4. The molecule has 0 bridgehead atoms. The number of rotatable bonds is 4. The van der Waals surface area contributed by atoms with Crippen LogP contribution < -0.4 is 0 Å². The first kappa shape index (κ1) is 17.9. The summed E-state index contributed by atoms with van der Waals surface area (Å²) in [6.45, 7) is 6.66. The predicted octanol–water partition coefficient (Wildman–Crippen LogP) is 3.96. The van der Waals surface area contributed by atoms with Gasteiger partial charge in [0.2, 0.25) is 0 Å². The molecule has 0 aromatic rings. The van der Waals surface area contributed by atoms with Crippen LogP contribution in [-0.2, 0) is 4.79 Å². The van der Waals surface area contributed by atoms with Crippen molar-refractivity contribution in [1.82, 2.24) is 0 Å². The van der Waals surface area contributed by atoms with E-state index in [0.29, 0.717) is 42.4 Å². The molecule has 0 aromatic heterocycles. The lowest BCUT2D eigenvalue weighted by atomic mass is 9.50. The van der Waals surface area contributed by atoms with Crippen molar-refractivity contribution in [2.45, 2.75) is 63.9 Å². The highest BCUT2D eigenvalue weighted by Crippen LogP contribution is 2.76. The van der Waals surface area contributed by atoms with Crippen LogP contribution in [0.1, 0.15) is 58.3 Å². The quantitative estimate of drug-likeness (QED) is 0.739. The highest BCUT2D eigenvalue weighted by molar-refractivity contribution is 5.93. The molecule has 0 unspecified atom stereocenters. The molecule has 3 nitrogen and oxygen atoms in total. The number of fused-ring (bicyclic) bond motifs is 6. The standard InChI is InChI=1S/C24H32O3/c1-3-14-13-23(2)22(19-12-20(19)24(23,27)9-4-10-25)18-7-5-15-11-16(26)6-8-17(15)21(14)18/h3,11,14,18-20,22,25,27H,1,4-10,12-13H2,2H3/t14-,18+,19+,20-,22+,23-,24-/m0/s1. The lowest BCUT2D eigenvalue weighted by Gasteiger charge is -2.56. The zero-order valence-corrected chi connectivity index (χ0v) is 16.4. The summed E-state index contributed by atoms with van der Waals surface area (Å²) < 4.78 is 0. The van der Waals surface area contributed by atoms with E-state index in [1.54, 1.807) is 5.57 Å². The van der Waals surface area contributed by atoms with Crippen LogP contribution in [0.4, 0.5) is 0 Å². The van der Waals surface area contributed by atoms with E-state index in [0.717, 1.165) is 38.5 Å². The van der Waals surface area contributed by atoms with Gasteiger partial charge in [-0.05, 0) is 91.8 Å². The number of hydrogen-bond donors (Lipinski definition) is 2. The molecule has 0 spiro atoms. The van der Waals surface area contributed by atoms with Crippen LogP contribution in [0.2, 0.25) is 0 Å². The van der Waals surface area contributed by atoms with E-state index in [1.807, 2.05) is 6.08 Å². The van der Waals surface area contributed by atoms with Crippen LogP contribution in [0, 0.1) is 35.0 Å². The fraction of sp³-hybridized carbons (Fsp3) is 0.708. The van der Waals surface area contributed by atoms with Crippen LogP contribution in [-0.4, -0.2) is 28.2 Å². The number of carbonyl (C=O) groups is 1. The zero-order chi connectivity index (χ0) is 19.0. The molecule has 2 N–H and O–H groups in total. The third-order valence-corrected chi connectivity index (χ3v) is 8.93. The number of carbonyl (C=O) groups excluding carboxylic acids is 1. The summed E-state index contributed by atoms with van der Waals surface area (Å²) in [4.78, 5) is 11.9. The van der Waals surface area contributed by atoms with Crippen LogP contribution >= 0.6 is 0 Å². The summed E-state index contributed by atoms with van der Waals surface area (Å²) in [5, 5.41) is 21.2. The molecule has 7 atom stereocenters. The summed E-state index contributed by atoms with van der Waals surface area (Å²) in [6.07, 6.45) is 11.2. The molecular formula is C24H32O3. The first-order valence-corrected chi connectivity index (χ1v) is 10.9. The van der Waals surface area contributed by atoms with Gasteiger partial charge >= 0.3 is 0 Å². The molecule has 3 fully saturated rings. The van der Waals surface area contributed by atoms with E-state index < -0.39 is 5.60 Å². The molecule has 3 saturated carbocycles. The van der Waals surface area contributed by atoms with Gasteiger partial charge in [-0.3, -0.25) is 4.79 Å². The number of aliphatic hydroxyl groups excluding tert-OH is 1. The molecule has 0 aromatic carbocycles. The summed E-state index contributed by atoms with van der Waals surface area (Å²) >= 11 is 0. The Balaban J connectivity index is 1.60. The molecular weight excluding hydrogens is 336 g/mol. The Morgan fingerprint density at radius 3 is 2.89 bits per heavy atom. The Morgan fingerprint density at radius 2 is 2.15 bits per heavy atom. The Morgan fingerprint density at radius 1 is 1.33 bits per heavy atom. The van der Waals surface area contributed by atoms with Gasteiger partial charge in [0.05, 0.1) is 5.60 Å². The van der Waals surface area contributed by atoms with E-state index >= 15 is 0 Å². The smallest absolute Gasteiger partial charge is 0.156 e. The van der Waals surface area contributed by atoms with Crippen LogP contribution in [0.3, 0.4) is 0 Å². The van der Waals surface area contributed by atoms with Gasteiger partial charge in [0.25, 0.3) is 0 Å². The maximum Gasteiger partial charge on any atom is 0.156 e. The van der Waals surface area contributed by atoms with Gasteiger partial charge in [0.15, 0.2) is 5.78 Å². The Bertz CT molecular complexity index is 762. The minimum absolute atomic E-state index is 0.0883. The molecule has 5 aliphatic carbocycles. The van der Waals surface area contributed by atoms with Gasteiger partial charge in [-0.2, -0.15) is 0 Å². The molecule has 0 saturated heterocycles. The molecule has 27 heavy (non-hydrogen) atoms. The minimum atomic E-state index is -0.638. The van der Waals surface area contributed by atoms with E-state index in [2.05, 4.69) is 19.6 Å². The summed E-state index contributed by atoms with van der Waals surface area (Å²) in [5.74, 6) is 2.72. The third-order valence-electron chi connectivity index (χ3n) is 8.93. The fourth-order valence-electron chi connectivity index (χ4n) is 7.87. The largest absolute Gasteiger partial charge is 0.396 e. The molecule has 0 aliphatic heterocycles. The second-order valence-electron chi connectivity index (χ2n) is 9.96. The lowest BCUT2D eigenvalue weighted by molar-refractivity contribution is -0.125. The highest BCUT2D eigenvalue weighted by Gasteiger charge is 2.75. The Kier molecular flexibility index (Phi) is 3.91. The van der Waals surface area contributed by atoms with E-state index in [9.17, 15) is 15.0 Å². The summed E-state index contributed by atoms with van der Waals surface area (Å²) in [6, 6.07) is 0. The average molecular weight is 369 g/mol. The fourth-order valence-corrected chi connectivity index (χ4v) is 7.87. The SMILES string of the molecule is C=C[C@H]1C[C@@]2(C)[C@@H]([C@@H]3C[C@@H]3[C@@]2(O)CCCO)[C@@H]2CCC3=CC(=O)CCC3=C21. The molecule has 0 amide bonds. The first-order valence-electron chi connectivity index (χ1n) is 10.9. The second-order valence-corrected chi connectivity index (χ2v) is 9.96. The van der Waals surface area contributed by atoms with Crippen molar-refractivity contribution in [2.24, 2.45) is 35.0 Å². The van der Waals surface area contributed by atoms with Crippen molar-refractivity contribution in [3.05, 3.63) is 35.5 Å². The average Bonchev–Trinajstić information content (AvgIpc) is 3.41. The van der Waals surface area contributed by atoms with E-state index in [-0.39, 0.29) is 17.8 Å². The van der Waals surface area contributed by atoms with Gasteiger partial charge in [0.1, 0.15) is 0 Å². The lowest BCUT2D eigenvalue weighted by Crippen LogP contribution is -2.54. The van der Waals surface area contributed by atoms with Crippen LogP contribution in [0.5, 0.6) is 0 Å². The molecule has 0 radical (unpaired) electrons. The van der Waals surface area contributed by atoms with Crippen molar-refractivity contribution >= 4 is 5.78 Å². The molecule has 146 valence electrons. The molecule has 0 heterocycles. The van der Waals surface area contributed by atoms with Gasteiger partial charge in [-0.15, -0.1) is 6.58 Å². The molecule has 3 heteroatoms. The van der Waals surface area contributed by atoms with Crippen molar-refractivity contribution in [1.29, 1.82) is 0 Å². The number of hydrogen-bond acceptors (Lipinski definition) is 3. The van der Waals surface area contributed by atoms with Gasteiger partial charge in [-0.25, -0.2) is 0 Å². The van der Waals surface area contributed by atoms with Gasteiger partial charge in [-0.1, -0.05) is 18.6 Å². The minimum Gasteiger partial charge on any atom is -0.396 e. The molecule has 5 aliphatic rings. The number of aliphatic hydroxyl groups is 2. The maximum atomic E-state index is 11.9. The van der Waals surface area contributed by atoms with Gasteiger partial charge in [0, 0.05) is 18.4 Å².